The molecule has 3 aromatic carbocycles. The van der Waals surface area contributed by atoms with E-state index in [1.807, 2.05) is 48.5 Å². The Bertz CT molecular complexity index is 2370. The number of anilines is 2. The van der Waals surface area contributed by atoms with Gasteiger partial charge in [-0.3, -0.25) is 28.8 Å². The summed E-state index contributed by atoms with van der Waals surface area (Å²) in [7, 11) is 0. The van der Waals surface area contributed by atoms with E-state index in [-0.39, 0.29) is 96.0 Å². The highest BCUT2D eigenvalue weighted by Gasteiger charge is 2.29. The normalized spacial score (nSPS) is 12.2. The first-order chi connectivity index (χ1) is 35.2. The zero-order valence-corrected chi connectivity index (χ0v) is 41.2. The highest BCUT2D eigenvalue weighted by Crippen LogP contribution is 2.26. The van der Waals surface area contributed by atoms with Crippen molar-refractivity contribution in [2.24, 2.45) is 11.7 Å². The summed E-state index contributed by atoms with van der Waals surface area (Å²) in [6.45, 7) is 5.56. The topological polar surface area (TPSA) is 304 Å². The number of nitrogens with one attached hydrogen (secondary N) is 6. The fourth-order valence-corrected chi connectivity index (χ4v) is 6.93. The largest absolute Gasteiger partial charge is 0.480 e. The lowest BCUT2D eigenvalue weighted by atomic mass is 10.0. The van der Waals surface area contributed by atoms with E-state index in [0.717, 1.165) is 22.4 Å². The molecule has 3 aromatic rings. The van der Waals surface area contributed by atoms with Gasteiger partial charge in [0.15, 0.2) is 0 Å². The van der Waals surface area contributed by atoms with Crippen molar-refractivity contribution < 1.29 is 67.1 Å². The molecule has 0 unspecified atom stereocenters. The Morgan fingerprint density at radius 3 is 1.97 bits per heavy atom. The molecular weight excluding hydrogens is 949 g/mol. The average molecular weight is 1020 g/mol. The number of nitrogens with zero attached hydrogens (tertiary/aromatic N) is 1. The monoisotopic (exact) mass is 1010 g/mol. The van der Waals surface area contributed by atoms with Crippen LogP contribution in [0.5, 0.6) is 0 Å². The predicted molar refractivity (Wildman–Crippen MR) is 267 cm³/mol. The van der Waals surface area contributed by atoms with Crippen LogP contribution >= 0.6 is 0 Å². The van der Waals surface area contributed by atoms with Crippen LogP contribution in [0.25, 0.3) is 0 Å². The summed E-state index contributed by atoms with van der Waals surface area (Å²) in [5, 5.41) is 24.1. The molecule has 4 rings (SSSR count). The zero-order valence-electron chi connectivity index (χ0n) is 41.2. The molecule has 9 N–H and O–H groups in total. The van der Waals surface area contributed by atoms with Gasteiger partial charge in [-0.1, -0.05) is 68.2 Å². The Kier molecular flexibility index (Phi) is 25.7. The minimum atomic E-state index is -1.22. The quantitative estimate of drug-likeness (QED) is 0.0329. The maximum absolute atomic E-state index is 13.5. The summed E-state index contributed by atoms with van der Waals surface area (Å²) in [5.41, 5.74) is 9.36. The van der Waals surface area contributed by atoms with E-state index in [9.17, 15) is 38.4 Å². The third-order valence-corrected chi connectivity index (χ3v) is 10.7. The second-order valence-corrected chi connectivity index (χ2v) is 16.7. The Morgan fingerprint density at radius 2 is 1.30 bits per heavy atom. The average Bonchev–Trinajstić information content (AvgIpc) is 3.36. The fraction of sp³-hybridized carbons (Fsp3) is 0.451. The van der Waals surface area contributed by atoms with Crippen LogP contribution in [0.1, 0.15) is 68.2 Å². The van der Waals surface area contributed by atoms with Crippen molar-refractivity contribution in [3.8, 4) is 11.8 Å². The number of hydrogen-bond donors (Lipinski definition) is 8. The molecule has 0 bridgehead atoms. The standard InChI is InChI=1S/C51H66N8O14/c1-35(2)47(49(66)57-41(11-7-22-54-50(52)67)48(65)56-40-17-13-36(14-18-40)34-73-51(68)55-32-46(63)64)58-44(61)21-24-69-26-28-71-30-31-72-29-27-70-25-23-53-43(60)19-20-45(62)59-33-39-10-4-3-8-37(39)15-16-38-9-5-6-12-42(38)59/h3-6,8-10,12-14,17-18,35,41,47H,7,11,19-34H2,1-2H3,(H,53,60)(H,55,68)(H,56,65)(H,57,66)(H,58,61)(H,63,64)(H3,52,54,67)/t41-,47-/m0/s1. The number of carbonyl (C=O) groups excluding carboxylic acids is 7. The fourth-order valence-electron chi connectivity index (χ4n) is 6.93. The van der Waals surface area contributed by atoms with Gasteiger partial charge >= 0.3 is 18.1 Å². The molecule has 2 atom stereocenters. The number of para-hydroxylation sites is 1. The van der Waals surface area contributed by atoms with Crippen molar-refractivity contribution in [2.45, 2.75) is 71.2 Å². The SMILES string of the molecule is CC(C)[C@H](NC(=O)CCOCCOCCOCCOCCNC(=O)CCC(=O)N1Cc2ccccc2C#Cc2ccccc21)C(=O)N[C@@H](CCCNC(N)=O)C(=O)Nc1ccc(COC(=O)NCC(=O)O)cc1. The predicted octanol–water partition coefficient (Wildman–Crippen LogP) is 2.31. The van der Waals surface area contributed by atoms with Crippen LogP contribution in [0, 0.1) is 17.8 Å². The Morgan fingerprint density at radius 1 is 0.671 bits per heavy atom. The molecule has 1 aliphatic heterocycles. The van der Waals surface area contributed by atoms with Gasteiger partial charge in [0.2, 0.25) is 29.5 Å². The molecule has 73 heavy (non-hydrogen) atoms. The zero-order chi connectivity index (χ0) is 52.8. The molecule has 22 nitrogen and oxygen atoms in total. The van der Waals surface area contributed by atoms with Crippen molar-refractivity contribution >= 4 is 59.0 Å². The van der Waals surface area contributed by atoms with Gasteiger partial charge in [0.05, 0.1) is 65.1 Å². The molecule has 0 spiro atoms. The maximum Gasteiger partial charge on any atom is 0.407 e. The van der Waals surface area contributed by atoms with Gasteiger partial charge in [-0.15, -0.1) is 0 Å². The Balaban J connectivity index is 1.04. The lowest BCUT2D eigenvalue weighted by molar-refractivity contribution is -0.136. The number of primary amides is 1. The number of alkyl carbamates (subject to hydrolysis) is 1. The molecule has 0 saturated carbocycles. The maximum atomic E-state index is 13.5. The van der Waals surface area contributed by atoms with E-state index in [4.69, 9.17) is 34.5 Å². The van der Waals surface area contributed by atoms with E-state index in [1.54, 1.807) is 43.0 Å². The summed E-state index contributed by atoms with van der Waals surface area (Å²) < 4.78 is 27.1. The van der Waals surface area contributed by atoms with Crippen molar-refractivity contribution in [1.29, 1.82) is 0 Å². The van der Waals surface area contributed by atoms with E-state index in [0.29, 0.717) is 44.2 Å². The van der Waals surface area contributed by atoms with Gasteiger partial charge in [0.25, 0.3) is 0 Å². The highest BCUT2D eigenvalue weighted by atomic mass is 16.6. The number of aliphatic carboxylic acids is 1. The van der Waals surface area contributed by atoms with E-state index in [1.165, 1.54) is 0 Å². The van der Waals surface area contributed by atoms with Crippen LogP contribution < -0.4 is 42.5 Å². The number of hydrogen-bond acceptors (Lipinski definition) is 13. The molecule has 0 aliphatic carbocycles. The van der Waals surface area contributed by atoms with Gasteiger partial charge in [-0.05, 0) is 60.2 Å². The molecule has 1 aliphatic rings. The molecule has 8 amide bonds. The highest BCUT2D eigenvalue weighted by molar-refractivity contribution is 5.99. The summed E-state index contributed by atoms with van der Waals surface area (Å²) >= 11 is 0. The smallest absolute Gasteiger partial charge is 0.407 e. The summed E-state index contributed by atoms with van der Waals surface area (Å²) in [6, 6.07) is 18.7. The van der Waals surface area contributed by atoms with Crippen LogP contribution in [0.3, 0.4) is 0 Å². The third-order valence-electron chi connectivity index (χ3n) is 10.7. The van der Waals surface area contributed by atoms with E-state index < -0.39 is 54.4 Å². The van der Waals surface area contributed by atoms with Gasteiger partial charge in [-0.2, -0.15) is 0 Å². The molecule has 0 aromatic heterocycles. The first kappa shape index (κ1) is 58.0. The van der Waals surface area contributed by atoms with Gasteiger partial charge in [0, 0.05) is 49.2 Å². The molecule has 0 saturated heterocycles. The van der Waals surface area contributed by atoms with Crippen molar-refractivity contribution in [3.05, 3.63) is 95.1 Å². The summed E-state index contributed by atoms with van der Waals surface area (Å²) in [6.07, 6.45) is -0.475. The lowest BCUT2D eigenvalue weighted by Gasteiger charge is -2.26. The number of fused-ring (bicyclic) bond motifs is 2. The van der Waals surface area contributed by atoms with Gasteiger partial charge in [-0.25, -0.2) is 9.59 Å². The first-order valence-corrected chi connectivity index (χ1v) is 23.9. The van der Waals surface area contributed by atoms with E-state index in [2.05, 4.69) is 43.7 Å². The number of amides is 8. The number of rotatable bonds is 32. The van der Waals surface area contributed by atoms with Crippen LogP contribution in [0.4, 0.5) is 21.0 Å². The Hall–Kier alpha value is -7.58. The number of carboxylic acids is 1. The molecule has 1 heterocycles. The number of urea groups is 1. The lowest BCUT2D eigenvalue weighted by Crippen LogP contribution is -2.54. The van der Waals surface area contributed by atoms with Crippen LogP contribution in [0.15, 0.2) is 72.8 Å². The second-order valence-electron chi connectivity index (χ2n) is 16.7. The van der Waals surface area contributed by atoms with E-state index >= 15 is 0 Å². The third kappa shape index (κ3) is 22.6. The minimum Gasteiger partial charge on any atom is -0.480 e. The number of carboxylic acid groups (broad SMARTS) is 1. The van der Waals surface area contributed by atoms with Crippen LogP contribution in [-0.4, -0.2) is 137 Å². The molecule has 0 radical (unpaired) electrons. The number of ether oxygens (including phenoxy) is 5. The van der Waals surface area contributed by atoms with Crippen molar-refractivity contribution in [2.75, 3.05) is 82.7 Å². The molecule has 394 valence electrons. The van der Waals surface area contributed by atoms with Crippen molar-refractivity contribution in [3.63, 3.8) is 0 Å². The van der Waals surface area contributed by atoms with Crippen LogP contribution in [-0.2, 0) is 65.6 Å². The van der Waals surface area contributed by atoms with Crippen molar-refractivity contribution in [1.82, 2.24) is 26.6 Å². The molecular formula is C51H66N8O14. The Labute approximate surface area is 424 Å². The molecule has 22 heteroatoms. The first-order valence-electron chi connectivity index (χ1n) is 23.9. The number of carbonyl (C=O) groups is 8. The van der Waals surface area contributed by atoms with Crippen LogP contribution in [0.2, 0.25) is 0 Å². The second kappa shape index (κ2) is 32.4. The minimum absolute atomic E-state index is 0.0359. The summed E-state index contributed by atoms with van der Waals surface area (Å²) in [4.78, 5) is 101. The number of benzene rings is 3. The summed E-state index contributed by atoms with van der Waals surface area (Å²) in [5.74, 6) is 2.77. The number of nitrogens with two attached hydrogens (primary N) is 1. The molecule has 0 fully saturated rings. The van der Waals surface area contributed by atoms with Gasteiger partial charge < -0.3 is 71.3 Å². The van der Waals surface area contributed by atoms with Gasteiger partial charge in [0.1, 0.15) is 25.2 Å².